The number of hydrogen-bond acceptors (Lipinski definition) is 16. The summed E-state index contributed by atoms with van der Waals surface area (Å²) in [5.41, 5.74) is 16.6. The Kier molecular flexibility index (Phi) is 36.5. The average Bonchev–Trinajstić information content (AvgIpc) is 1.63. The first-order valence-electron chi connectivity index (χ1n) is 52.6. The fourth-order valence-electron chi connectivity index (χ4n) is 28.2. The number of aliphatic hydroxyl groups is 8. The van der Waals surface area contributed by atoms with Gasteiger partial charge in [0.15, 0.2) is 39.3 Å². The van der Waals surface area contributed by atoms with Crippen LogP contribution in [0.3, 0.4) is 0 Å². The van der Waals surface area contributed by atoms with Gasteiger partial charge in [0.25, 0.3) is 0 Å². The third kappa shape index (κ3) is 25.8. The fourth-order valence-corrected chi connectivity index (χ4v) is 34.1. The lowest BCUT2D eigenvalue weighted by Crippen LogP contribution is -2.36. The number of rotatable bonds is 24. The SMILES string of the molecule is C=C1/C(=C\C=C2/CCC[C@]3(C)[C@@H]([C@H](C)CCS(=O)(=O)c4ccc(C)cc4)CC[C@@H]23)C[C@@H](O)C[C@@H]1O.C=C1/C(=C\C=C2/CCC[C@]3(C)[C@@H]([C@H](C)CCS(=O)(=O)c4ccc(C)cc4)CC[C@@H]23)C[C@@H](O)C[C@@H]1O.C=C1/C(=C\C=C2/CCC[C@]3(C)[C@@H]([C@H](C)CCS(=O)(=O)c4ccc(C)cc4)CC[C@@H]23)C[C@@H](O)C[C@@H]1O.C=C1/C(=C\C=C2/CCC[C@]3(C)[C@@H]([C@H](C)CCS(=O)(=O)c4ccccc4)CC[C@@H]23)C[C@@H](O)C[C@@H]1O. The van der Waals surface area contributed by atoms with Crippen molar-refractivity contribution < 1.29 is 74.5 Å². The molecular formula is C119H166O16S4. The van der Waals surface area contributed by atoms with E-state index in [1.165, 1.54) is 48.0 Å². The van der Waals surface area contributed by atoms with Gasteiger partial charge in [-0.3, -0.25) is 0 Å². The van der Waals surface area contributed by atoms with E-state index < -0.39 is 88.2 Å². The quantitative estimate of drug-likeness (QED) is 0.0323. The zero-order valence-electron chi connectivity index (χ0n) is 85.2. The van der Waals surface area contributed by atoms with Crippen molar-refractivity contribution in [3.8, 4) is 0 Å². The molecule has 12 saturated carbocycles. The van der Waals surface area contributed by atoms with Crippen LogP contribution in [0.25, 0.3) is 0 Å². The fraction of sp³-hybridized carbons (Fsp3) is 0.597. The third-order valence-electron chi connectivity index (χ3n) is 36.6. The third-order valence-corrected chi connectivity index (χ3v) is 43.6. The topological polar surface area (TPSA) is 298 Å². The summed E-state index contributed by atoms with van der Waals surface area (Å²) in [5, 5.41) is 81.0. The molecule has 12 aliphatic rings. The van der Waals surface area contributed by atoms with Crippen molar-refractivity contribution in [2.75, 3.05) is 23.0 Å². The highest BCUT2D eigenvalue weighted by atomic mass is 32.2. The molecule has 4 aromatic rings. The standard InChI is InChI=1S/3C30H42O4S.C29H40O4S/c3*1-20-7-11-26(12-8-20)35(33,34)17-15-21(2)27-13-14-28-23(6-5-16-30(27,28)4)9-10-24-18-25(31)19-29(32)22(24)3;1-20(15-17-34(32,33)25-9-5-4-6-10-25)26-13-14-27-22(8-7-16-29(26,27)3)11-12-23-18-24(30)19-28(31)21(23)2/h3*7-12,21,25,27-29,31-32H,3,5-6,13-19H2,1-2,4H3;4-6,9-12,20,24,26-28,30-31H,2,7-8,13-19H2,1,3H3/b3*23-9+,24-10-;22-11+,23-12-/t3*21-,25-,27-,28+,29+,30-;20-,24-,26-,27+,28+,29-/m1111/s1. The predicted molar refractivity (Wildman–Crippen MR) is 562 cm³/mol. The molecule has 0 saturated heterocycles. The minimum absolute atomic E-state index is 0.193. The summed E-state index contributed by atoms with van der Waals surface area (Å²) < 4.78 is 103. The Morgan fingerprint density at radius 1 is 0.302 bits per heavy atom. The molecule has 16 rings (SSSR count). The van der Waals surface area contributed by atoms with Gasteiger partial charge in [0.1, 0.15) is 0 Å². The van der Waals surface area contributed by atoms with E-state index in [4.69, 9.17) is 0 Å². The Morgan fingerprint density at radius 3 is 0.712 bits per heavy atom. The molecule has 24 atom stereocenters. The summed E-state index contributed by atoms with van der Waals surface area (Å²) in [4.78, 5) is 1.72. The lowest BCUT2D eigenvalue weighted by atomic mass is 9.61. The highest BCUT2D eigenvalue weighted by Gasteiger charge is 2.55. The normalized spacial score (nSPS) is 35.0. The van der Waals surface area contributed by atoms with Gasteiger partial charge in [-0.15, -0.1) is 0 Å². The molecule has 139 heavy (non-hydrogen) atoms. The first-order chi connectivity index (χ1) is 65.6. The summed E-state index contributed by atoms with van der Waals surface area (Å²) in [6.45, 7) is 40.8. The zero-order chi connectivity index (χ0) is 101. The minimum Gasteiger partial charge on any atom is -0.393 e. The molecule has 20 heteroatoms. The van der Waals surface area contributed by atoms with E-state index >= 15 is 0 Å². The molecule has 0 spiro atoms. The van der Waals surface area contributed by atoms with Crippen molar-refractivity contribution in [3.05, 3.63) is 262 Å². The van der Waals surface area contributed by atoms with Crippen LogP contribution >= 0.6 is 0 Å². The number of sulfone groups is 4. The van der Waals surface area contributed by atoms with Crippen LogP contribution in [-0.2, 0) is 39.3 Å². The maximum absolute atomic E-state index is 12.9. The minimum atomic E-state index is -3.27. The van der Waals surface area contributed by atoms with Crippen LogP contribution in [0.2, 0.25) is 0 Å². The van der Waals surface area contributed by atoms with Crippen molar-refractivity contribution in [2.45, 2.75) is 350 Å². The van der Waals surface area contributed by atoms with Gasteiger partial charge in [0.05, 0.1) is 91.4 Å². The second kappa shape index (κ2) is 46.3. The Balaban J connectivity index is 0.000000156. The van der Waals surface area contributed by atoms with Gasteiger partial charge in [-0.1, -0.05) is 224 Å². The maximum Gasteiger partial charge on any atom is 0.178 e. The molecule has 762 valence electrons. The van der Waals surface area contributed by atoms with E-state index in [1.807, 2.05) is 63.2 Å². The van der Waals surface area contributed by atoms with Gasteiger partial charge >= 0.3 is 0 Å². The predicted octanol–water partition coefficient (Wildman–Crippen LogP) is 23.4. The maximum atomic E-state index is 12.9. The number of aryl methyl sites for hydroxylation is 3. The summed E-state index contributed by atoms with van der Waals surface area (Å²) in [5.74, 6) is 6.37. The van der Waals surface area contributed by atoms with Gasteiger partial charge in [-0.2, -0.15) is 0 Å². The van der Waals surface area contributed by atoms with Crippen molar-refractivity contribution in [3.63, 3.8) is 0 Å². The van der Waals surface area contributed by atoms with E-state index in [1.54, 1.807) is 60.7 Å². The summed E-state index contributed by atoms with van der Waals surface area (Å²) >= 11 is 0. The highest BCUT2D eigenvalue weighted by molar-refractivity contribution is 7.92. The molecular weight excluding hydrogens is 1810 g/mol. The summed E-state index contributed by atoms with van der Waals surface area (Å²) in [6, 6.07) is 30.4. The first kappa shape index (κ1) is 109. The monoisotopic (exact) mass is 1980 g/mol. The number of fused-ring (bicyclic) bond motifs is 4. The smallest absolute Gasteiger partial charge is 0.178 e. The highest BCUT2D eigenvalue weighted by Crippen LogP contribution is 2.64. The second-order valence-electron chi connectivity index (χ2n) is 45.7. The molecule has 0 unspecified atom stereocenters. The van der Waals surface area contributed by atoms with Crippen molar-refractivity contribution >= 4 is 39.3 Å². The average molecular weight is 1980 g/mol. The largest absolute Gasteiger partial charge is 0.393 e. The Bertz CT molecular complexity index is 5330. The molecule has 0 aromatic heterocycles. The molecule has 0 radical (unpaired) electrons. The van der Waals surface area contributed by atoms with Gasteiger partial charge in [-0.25, -0.2) is 33.7 Å². The number of aliphatic hydroxyl groups excluding tert-OH is 8. The molecule has 16 nitrogen and oxygen atoms in total. The van der Waals surface area contributed by atoms with Gasteiger partial charge in [0.2, 0.25) is 0 Å². The van der Waals surface area contributed by atoms with Crippen LogP contribution in [0.5, 0.6) is 0 Å². The number of hydrogen-bond donors (Lipinski definition) is 8. The van der Waals surface area contributed by atoms with Crippen molar-refractivity contribution in [2.24, 2.45) is 92.7 Å². The van der Waals surface area contributed by atoms with E-state index in [0.29, 0.717) is 168 Å². The number of benzene rings is 4. The molecule has 0 aliphatic heterocycles. The Morgan fingerprint density at radius 2 is 0.504 bits per heavy atom. The van der Waals surface area contributed by atoms with Crippen molar-refractivity contribution in [1.29, 1.82) is 0 Å². The molecule has 0 bridgehead atoms. The summed E-state index contributed by atoms with van der Waals surface area (Å²) in [7, 11) is -13.0. The molecule has 0 heterocycles. The zero-order valence-corrected chi connectivity index (χ0v) is 88.5. The second-order valence-corrected chi connectivity index (χ2v) is 54.2. The van der Waals surface area contributed by atoms with Crippen LogP contribution in [0.4, 0.5) is 0 Å². The van der Waals surface area contributed by atoms with Crippen LogP contribution < -0.4 is 0 Å². The van der Waals surface area contributed by atoms with Crippen LogP contribution in [0.15, 0.2) is 265 Å². The van der Waals surface area contributed by atoms with Gasteiger partial charge in [0, 0.05) is 25.7 Å². The van der Waals surface area contributed by atoms with E-state index in [0.717, 1.165) is 164 Å². The number of allylic oxidation sites excluding steroid dienone is 12. The van der Waals surface area contributed by atoms with E-state index in [9.17, 15) is 74.5 Å². The Labute approximate surface area is 835 Å². The molecule has 4 aromatic carbocycles. The van der Waals surface area contributed by atoms with E-state index in [-0.39, 0.29) is 44.7 Å². The van der Waals surface area contributed by atoms with Crippen LogP contribution in [0.1, 0.15) is 278 Å². The van der Waals surface area contributed by atoms with Crippen molar-refractivity contribution in [1.82, 2.24) is 0 Å². The van der Waals surface area contributed by atoms with E-state index in [2.05, 4.69) is 130 Å². The molecule has 8 N–H and O–H groups in total. The lowest BCUT2D eigenvalue weighted by molar-refractivity contribution is 0.0855. The molecule has 12 fully saturated rings. The first-order valence-corrected chi connectivity index (χ1v) is 59.2. The molecule has 0 amide bonds. The summed E-state index contributed by atoms with van der Waals surface area (Å²) in [6.07, 6.45) is 42.0. The Hall–Kier alpha value is -6.76. The van der Waals surface area contributed by atoms with Crippen LogP contribution in [-0.4, -0.2) is 146 Å². The van der Waals surface area contributed by atoms with Gasteiger partial charge in [-0.05, 0) is 386 Å². The molecule has 12 aliphatic carbocycles. The van der Waals surface area contributed by atoms with Crippen LogP contribution in [0, 0.1) is 113 Å². The van der Waals surface area contributed by atoms with Gasteiger partial charge < -0.3 is 40.9 Å². The lowest BCUT2D eigenvalue weighted by Gasteiger charge is -2.44.